The van der Waals surface area contributed by atoms with Crippen LogP contribution in [0.25, 0.3) is 22.2 Å². The van der Waals surface area contributed by atoms with Crippen molar-refractivity contribution >= 4 is 16.8 Å². The van der Waals surface area contributed by atoms with E-state index in [1.54, 1.807) is 13.3 Å². The summed E-state index contributed by atoms with van der Waals surface area (Å²) in [5.41, 5.74) is 3.97. The fourth-order valence-electron chi connectivity index (χ4n) is 3.24. The number of nitrogens with one attached hydrogen (secondary N) is 1. The van der Waals surface area contributed by atoms with Gasteiger partial charge in [0.1, 0.15) is 5.75 Å². The topological polar surface area (TPSA) is 64.1 Å². The van der Waals surface area contributed by atoms with Crippen molar-refractivity contribution in [1.29, 1.82) is 0 Å². The molecule has 4 aromatic rings. The molecule has 0 atom stereocenters. The third kappa shape index (κ3) is 4.24. The minimum absolute atomic E-state index is 0.122. The van der Waals surface area contributed by atoms with E-state index >= 15 is 0 Å². The first kappa shape index (κ1) is 18.6. The van der Waals surface area contributed by atoms with E-state index in [1.807, 2.05) is 72.8 Å². The summed E-state index contributed by atoms with van der Waals surface area (Å²) in [7, 11) is 1.63. The Hall–Kier alpha value is -3.73. The van der Waals surface area contributed by atoms with E-state index in [-0.39, 0.29) is 5.91 Å². The van der Waals surface area contributed by atoms with E-state index in [2.05, 4.69) is 10.3 Å². The third-order valence-electron chi connectivity index (χ3n) is 4.72. The number of fused-ring (bicyclic) bond motifs is 1. The highest BCUT2D eigenvalue weighted by atomic mass is 16.5. The van der Waals surface area contributed by atoms with E-state index < -0.39 is 0 Å². The van der Waals surface area contributed by atoms with Crippen LogP contribution in [0.5, 0.6) is 5.75 Å². The molecule has 0 aliphatic carbocycles. The van der Waals surface area contributed by atoms with Crippen molar-refractivity contribution in [1.82, 2.24) is 15.3 Å². The van der Waals surface area contributed by atoms with E-state index in [1.165, 1.54) is 0 Å². The van der Waals surface area contributed by atoms with Crippen LogP contribution in [0.15, 0.2) is 79.0 Å². The number of aromatic nitrogens is 2. The summed E-state index contributed by atoms with van der Waals surface area (Å²) in [5.74, 6) is 0.627. The van der Waals surface area contributed by atoms with Gasteiger partial charge in [-0.05, 0) is 36.4 Å². The number of carbonyl (C=O) groups excluding carboxylic acids is 1. The molecule has 2 aromatic heterocycles. The van der Waals surface area contributed by atoms with E-state index in [0.717, 1.165) is 33.6 Å². The highest BCUT2D eigenvalue weighted by molar-refractivity contribution is 6.07. The van der Waals surface area contributed by atoms with Crippen molar-refractivity contribution < 1.29 is 9.53 Å². The number of carbonyl (C=O) groups is 1. The van der Waals surface area contributed by atoms with Crippen LogP contribution in [-0.4, -0.2) is 29.5 Å². The molecule has 2 heterocycles. The Kier molecular flexibility index (Phi) is 5.47. The Morgan fingerprint density at radius 1 is 1.00 bits per heavy atom. The molecule has 5 heteroatoms. The van der Waals surface area contributed by atoms with Gasteiger partial charge in [0.15, 0.2) is 0 Å². The molecular formula is C24H21N3O2. The van der Waals surface area contributed by atoms with Crippen LogP contribution in [0.1, 0.15) is 16.1 Å². The van der Waals surface area contributed by atoms with Gasteiger partial charge in [-0.3, -0.25) is 9.78 Å². The number of rotatable bonds is 6. The quantitative estimate of drug-likeness (QED) is 0.540. The lowest BCUT2D eigenvalue weighted by Crippen LogP contribution is -2.26. The summed E-state index contributed by atoms with van der Waals surface area (Å²) in [5, 5.41) is 3.84. The largest absolute Gasteiger partial charge is 0.497 e. The molecule has 2 aromatic carbocycles. The van der Waals surface area contributed by atoms with E-state index in [4.69, 9.17) is 9.72 Å². The van der Waals surface area contributed by atoms with Crippen molar-refractivity contribution in [2.45, 2.75) is 6.42 Å². The molecule has 0 spiro atoms. The molecule has 1 amide bonds. The van der Waals surface area contributed by atoms with Crippen molar-refractivity contribution in [2.24, 2.45) is 0 Å². The molecule has 5 nitrogen and oxygen atoms in total. The van der Waals surface area contributed by atoms with Crippen molar-refractivity contribution in [2.75, 3.05) is 13.7 Å². The number of pyridine rings is 2. The van der Waals surface area contributed by atoms with Gasteiger partial charge in [0.2, 0.25) is 0 Å². The molecule has 0 aliphatic heterocycles. The van der Waals surface area contributed by atoms with Crippen molar-refractivity contribution in [3.8, 4) is 17.0 Å². The lowest BCUT2D eigenvalue weighted by molar-refractivity contribution is 0.0955. The maximum Gasteiger partial charge on any atom is 0.252 e. The molecule has 0 saturated heterocycles. The van der Waals surface area contributed by atoms with Gasteiger partial charge in [0.25, 0.3) is 5.91 Å². The summed E-state index contributed by atoms with van der Waals surface area (Å²) in [4.78, 5) is 22.0. The molecule has 1 N–H and O–H groups in total. The molecule has 0 unspecified atom stereocenters. The monoisotopic (exact) mass is 383 g/mol. The normalized spacial score (nSPS) is 10.7. The van der Waals surface area contributed by atoms with Crippen LogP contribution >= 0.6 is 0 Å². The van der Waals surface area contributed by atoms with Gasteiger partial charge in [-0.25, -0.2) is 4.98 Å². The van der Waals surface area contributed by atoms with Gasteiger partial charge in [-0.15, -0.1) is 0 Å². The fraction of sp³-hybridized carbons (Fsp3) is 0.125. The van der Waals surface area contributed by atoms with Gasteiger partial charge < -0.3 is 10.1 Å². The van der Waals surface area contributed by atoms with Crippen LogP contribution in [0.3, 0.4) is 0 Å². The second-order valence-electron chi connectivity index (χ2n) is 6.63. The number of nitrogens with zero attached hydrogens (tertiary/aromatic N) is 2. The number of ether oxygens (including phenoxy) is 1. The van der Waals surface area contributed by atoms with Crippen LogP contribution in [-0.2, 0) is 6.42 Å². The maximum atomic E-state index is 13.0. The molecular weight excluding hydrogens is 362 g/mol. The maximum absolute atomic E-state index is 13.0. The summed E-state index contributed by atoms with van der Waals surface area (Å²) in [6, 6.07) is 23.0. The highest BCUT2D eigenvalue weighted by Gasteiger charge is 2.14. The number of hydrogen-bond acceptors (Lipinski definition) is 4. The molecule has 0 bridgehead atoms. The van der Waals surface area contributed by atoms with Crippen molar-refractivity contribution in [3.63, 3.8) is 0 Å². The lowest BCUT2D eigenvalue weighted by atomic mass is 10.0. The minimum atomic E-state index is -0.122. The number of benzene rings is 2. The predicted molar refractivity (Wildman–Crippen MR) is 114 cm³/mol. The first-order valence-corrected chi connectivity index (χ1v) is 9.47. The Labute approximate surface area is 169 Å². The molecule has 144 valence electrons. The minimum Gasteiger partial charge on any atom is -0.497 e. The van der Waals surface area contributed by atoms with Gasteiger partial charge in [0, 0.05) is 35.8 Å². The number of methoxy groups -OCH3 is 1. The van der Waals surface area contributed by atoms with Crippen LogP contribution in [0.4, 0.5) is 0 Å². The Balaban J connectivity index is 1.64. The van der Waals surface area contributed by atoms with Gasteiger partial charge in [-0.1, -0.05) is 36.4 Å². The lowest BCUT2D eigenvalue weighted by Gasteiger charge is -2.11. The molecule has 0 radical (unpaired) electrons. The van der Waals surface area contributed by atoms with Gasteiger partial charge >= 0.3 is 0 Å². The SMILES string of the molecule is COc1cccc(-c2cc(C(=O)NCCc3ccccn3)c3ccccc3n2)c1. The first-order chi connectivity index (χ1) is 14.2. The number of amides is 1. The highest BCUT2D eigenvalue weighted by Crippen LogP contribution is 2.27. The Morgan fingerprint density at radius 3 is 2.69 bits per heavy atom. The smallest absolute Gasteiger partial charge is 0.252 e. The van der Waals surface area contributed by atoms with Crippen molar-refractivity contribution in [3.05, 3.63) is 90.3 Å². The zero-order valence-corrected chi connectivity index (χ0v) is 16.1. The number of para-hydroxylation sites is 1. The summed E-state index contributed by atoms with van der Waals surface area (Å²) in [6.07, 6.45) is 2.44. The van der Waals surface area contributed by atoms with E-state index in [9.17, 15) is 4.79 Å². The summed E-state index contributed by atoms with van der Waals surface area (Å²) >= 11 is 0. The average molecular weight is 383 g/mol. The summed E-state index contributed by atoms with van der Waals surface area (Å²) in [6.45, 7) is 0.515. The molecule has 0 fully saturated rings. The van der Waals surface area contributed by atoms with E-state index in [0.29, 0.717) is 18.5 Å². The molecule has 0 saturated carbocycles. The zero-order valence-electron chi connectivity index (χ0n) is 16.1. The van der Waals surface area contributed by atoms with Crippen LogP contribution in [0.2, 0.25) is 0 Å². The first-order valence-electron chi connectivity index (χ1n) is 9.47. The van der Waals surface area contributed by atoms with Gasteiger partial charge in [0.05, 0.1) is 23.9 Å². The zero-order chi connectivity index (χ0) is 20.1. The molecule has 29 heavy (non-hydrogen) atoms. The number of hydrogen-bond donors (Lipinski definition) is 1. The standard InChI is InChI=1S/C24H21N3O2/c1-29-19-9-6-7-17(15-19)23-16-21(20-10-2-3-11-22(20)27-23)24(28)26-14-12-18-8-4-5-13-25-18/h2-11,13,15-16H,12,14H2,1H3,(H,26,28). The second kappa shape index (κ2) is 8.52. The van der Waals surface area contributed by atoms with Gasteiger partial charge in [-0.2, -0.15) is 0 Å². The predicted octanol–water partition coefficient (Wildman–Crippen LogP) is 4.28. The summed E-state index contributed by atoms with van der Waals surface area (Å²) < 4.78 is 5.32. The Bertz CT molecular complexity index is 1140. The molecule has 0 aliphatic rings. The average Bonchev–Trinajstić information content (AvgIpc) is 2.79. The fourth-order valence-corrected chi connectivity index (χ4v) is 3.24. The van der Waals surface area contributed by atoms with Crippen LogP contribution in [0, 0.1) is 0 Å². The Morgan fingerprint density at radius 2 is 1.86 bits per heavy atom. The van der Waals surface area contributed by atoms with Crippen LogP contribution < -0.4 is 10.1 Å². The third-order valence-corrected chi connectivity index (χ3v) is 4.72. The second-order valence-corrected chi connectivity index (χ2v) is 6.63. The molecule has 4 rings (SSSR count).